The van der Waals surface area contributed by atoms with E-state index in [1.54, 1.807) is 0 Å². The Bertz CT molecular complexity index is 456. The molecule has 2 N–H and O–H groups in total. The van der Waals surface area contributed by atoms with E-state index in [9.17, 15) is 0 Å². The summed E-state index contributed by atoms with van der Waals surface area (Å²) in [7, 11) is 0. The summed E-state index contributed by atoms with van der Waals surface area (Å²) in [6.07, 6.45) is 8.38. The van der Waals surface area contributed by atoms with Gasteiger partial charge in [0.1, 0.15) is 0 Å². The molecule has 1 aromatic heterocycles. The van der Waals surface area contributed by atoms with Crippen molar-refractivity contribution in [1.82, 2.24) is 10.1 Å². The molecule has 4 aliphatic rings. The Morgan fingerprint density at radius 3 is 2.40 bits per heavy atom. The van der Waals surface area contributed by atoms with Crippen LogP contribution in [0.3, 0.4) is 0 Å². The molecule has 1 atom stereocenters. The Labute approximate surface area is 120 Å². The molecule has 0 spiro atoms. The molecule has 0 saturated heterocycles. The molecule has 0 aliphatic heterocycles. The van der Waals surface area contributed by atoms with Crippen molar-refractivity contribution in [2.24, 2.45) is 35.3 Å². The Balaban J connectivity index is 1.48. The van der Waals surface area contributed by atoms with E-state index in [-0.39, 0.29) is 5.92 Å². The fourth-order valence-corrected chi connectivity index (χ4v) is 5.23. The van der Waals surface area contributed by atoms with E-state index < -0.39 is 0 Å². The van der Waals surface area contributed by atoms with Gasteiger partial charge in [0.25, 0.3) is 0 Å². The summed E-state index contributed by atoms with van der Waals surface area (Å²) in [6.45, 7) is 2.61. The van der Waals surface area contributed by atoms with Gasteiger partial charge in [-0.2, -0.15) is 4.98 Å². The van der Waals surface area contributed by atoms with Gasteiger partial charge in [-0.1, -0.05) is 12.1 Å². The van der Waals surface area contributed by atoms with Gasteiger partial charge in [-0.25, -0.2) is 0 Å². The fourth-order valence-electron chi connectivity index (χ4n) is 5.23. The van der Waals surface area contributed by atoms with Crippen LogP contribution in [0.5, 0.6) is 0 Å². The monoisotopic (exact) mass is 275 g/mol. The first-order valence-electron chi connectivity index (χ1n) is 8.25. The zero-order chi connectivity index (χ0) is 13.7. The van der Waals surface area contributed by atoms with Gasteiger partial charge >= 0.3 is 0 Å². The largest absolute Gasteiger partial charge is 0.339 e. The van der Waals surface area contributed by atoms with E-state index in [2.05, 4.69) is 10.1 Å². The lowest BCUT2D eigenvalue weighted by atomic mass is 9.51. The third-order valence-corrected chi connectivity index (χ3v) is 6.10. The summed E-state index contributed by atoms with van der Waals surface area (Å²) in [6, 6.07) is 0. The highest BCUT2D eigenvalue weighted by atomic mass is 16.5. The first-order chi connectivity index (χ1) is 9.72. The minimum atomic E-state index is 0.176. The lowest BCUT2D eigenvalue weighted by molar-refractivity contribution is -0.0368. The van der Waals surface area contributed by atoms with Crippen molar-refractivity contribution >= 4 is 0 Å². The maximum atomic E-state index is 5.66. The molecule has 1 unspecified atom stereocenters. The van der Waals surface area contributed by atoms with Crippen LogP contribution >= 0.6 is 0 Å². The normalized spacial score (nSPS) is 40.2. The summed E-state index contributed by atoms with van der Waals surface area (Å²) in [5.41, 5.74) is 5.66. The van der Waals surface area contributed by atoms with E-state index in [4.69, 9.17) is 10.3 Å². The number of rotatable bonds is 4. The van der Waals surface area contributed by atoms with Crippen molar-refractivity contribution in [3.05, 3.63) is 11.7 Å². The summed E-state index contributed by atoms with van der Waals surface area (Å²) >= 11 is 0. The molecule has 110 valence electrons. The molecule has 4 fully saturated rings. The molecule has 0 amide bonds. The van der Waals surface area contributed by atoms with Gasteiger partial charge in [-0.05, 0) is 61.7 Å². The van der Waals surface area contributed by atoms with Crippen molar-refractivity contribution in [3.63, 3.8) is 0 Å². The standard InChI is InChI=1S/C16H25N3O/c1-9(8-17)16-18-15(19-20-16)7-14-12-3-10-2-11(5-12)6-13(14)4-10/h9-14H,2-8,17H2,1H3. The first kappa shape index (κ1) is 12.8. The summed E-state index contributed by atoms with van der Waals surface area (Å²) in [4.78, 5) is 4.57. The van der Waals surface area contributed by atoms with Crippen LogP contribution in [0.4, 0.5) is 0 Å². The van der Waals surface area contributed by atoms with Crippen molar-refractivity contribution < 1.29 is 4.52 Å². The Morgan fingerprint density at radius 2 is 1.80 bits per heavy atom. The molecule has 4 heteroatoms. The minimum Gasteiger partial charge on any atom is -0.339 e. The summed E-state index contributed by atoms with van der Waals surface area (Å²) < 4.78 is 5.37. The molecule has 4 aliphatic carbocycles. The SMILES string of the molecule is CC(CN)c1nc(CC2C3CC4CC(C3)CC2C4)no1. The van der Waals surface area contributed by atoms with Crippen LogP contribution in [0.2, 0.25) is 0 Å². The fraction of sp³-hybridized carbons (Fsp3) is 0.875. The topological polar surface area (TPSA) is 64.9 Å². The zero-order valence-corrected chi connectivity index (χ0v) is 12.3. The Kier molecular flexibility index (Phi) is 3.09. The van der Waals surface area contributed by atoms with Crippen molar-refractivity contribution in [1.29, 1.82) is 0 Å². The van der Waals surface area contributed by atoms with E-state index in [1.807, 2.05) is 6.92 Å². The third-order valence-electron chi connectivity index (χ3n) is 6.10. The average Bonchev–Trinajstić information content (AvgIpc) is 2.90. The highest BCUT2D eigenvalue weighted by molar-refractivity contribution is 5.02. The molecule has 1 aromatic rings. The number of nitrogens with zero attached hydrogens (tertiary/aromatic N) is 2. The van der Waals surface area contributed by atoms with Gasteiger partial charge in [-0.15, -0.1) is 0 Å². The van der Waals surface area contributed by atoms with Gasteiger partial charge in [0.05, 0.1) is 0 Å². The number of hydrogen-bond acceptors (Lipinski definition) is 4. The Morgan fingerprint density at radius 1 is 1.15 bits per heavy atom. The maximum absolute atomic E-state index is 5.66. The van der Waals surface area contributed by atoms with Crippen LogP contribution in [-0.2, 0) is 6.42 Å². The molecule has 4 nitrogen and oxygen atoms in total. The highest BCUT2D eigenvalue weighted by Gasteiger charge is 2.48. The second-order valence-electron chi connectivity index (χ2n) is 7.48. The number of hydrogen-bond donors (Lipinski definition) is 1. The number of aromatic nitrogens is 2. The van der Waals surface area contributed by atoms with Crippen molar-refractivity contribution in [2.75, 3.05) is 6.54 Å². The molecular weight excluding hydrogens is 250 g/mol. The molecule has 4 saturated carbocycles. The molecule has 4 bridgehead atoms. The molecule has 1 heterocycles. The lowest BCUT2D eigenvalue weighted by Crippen LogP contribution is -2.45. The summed E-state index contributed by atoms with van der Waals surface area (Å²) in [5.74, 6) is 6.54. The first-order valence-corrected chi connectivity index (χ1v) is 8.25. The van der Waals surface area contributed by atoms with E-state index in [0.717, 1.165) is 41.8 Å². The van der Waals surface area contributed by atoms with Crippen LogP contribution in [-0.4, -0.2) is 16.7 Å². The zero-order valence-electron chi connectivity index (χ0n) is 12.3. The summed E-state index contributed by atoms with van der Waals surface area (Å²) in [5, 5.41) is 4.20. The lowest BCUT2D eigenvalue weighted by Gasteiger charge is -2.54. The maximum Gasteiger partial charge on any atom is 0.230 e. The predicted octanol–water partition coefficient (Wildman–Crippen LogP) is 2.75. The minimum absolute atomic E-state index is 0.176. The van der Waals surface area contributed by atoms with Crippen LogP contribution in [0, 0.1) is 29.6 Å². The quantitative estimate of drug-likeness (QED) is 0.917. The van der Waals surface area contributed by atoms with E-state index >= 15 is 0 Å². The molecular formula is C16H25N3O. The average molecular weight is 275 g/mol. The molecule has 20 heavy (non-hydrogen) atoms. The Hall–Kier alpha value is -0.900. The van der Waals surface area contributed by atoms with E-state index in [1.165, 1.54) is 32.1 Å². The van der Waals surface area contributed by atoms with Gasteiger partial charge < -0.3 is 10.3 Å². The highest BCUT2D eigenvalue weighted by Crippen LogP contribution is 2.57. The van der Waals surface area contributed by atoms with Gasteiger partial charge in [-0.3, -0.25) is 0 Å². The molecule has 0 radical (unpaired) electrons. The van der Waals surface area contributed by atoms with Gasteiger partial charge in [0, 0.05) is 18.9 Å². The predicted molar refractivity (Wildman–Crippen MR) is 76.0 cm³/mol. The number of nitrogens with two attached hydrogens (primary N) is 1. The van der Waals surface area contributed by atoms with Crippen molar-refractivity contribution in [3.8, 4) is 0 Å². The van der Waals surface area contributed by atoms with Crippen LogP contribution < -0.4 is 5.73 Å². The third kappa shape index (κ3) is 2.09. The van der Waals surface area contributed by atoms with Gasteiger partial charge in [0.2, 0.25) is 5.89 Å². The van der Waals surface area contributed by atoms with Crippen LogP contribution in [0.1, 0.15) is 56.7 Å². The molecule has 0 aromatic carbocycles. The van der Waals surface area contributed by atoms with Crippen LogP contribution in [0.15, 0.2) is 4.52 Å². The van der Waals surface area contributed by atoms with Crippen LogP contribution in [0.25, 0.3) is 0 Å². The molecule has 5 rings (SSSR count). The van der Waals surface area contributed by atoms with E-state index in [0.29, 0.717) is 12.4 Å². The smallest absolute Gasteiger partial charge is 0.230 e. The van der Waals surface area contributed by atoms with Crippen molar-refractivity contribution in [2.45, 2.75) is 51.4 Å². The van der Waals surface area contributed by atoms with Gasteiger partial charge in [0.15, 0.2) is 5.82 Å². The second kappa shape index (κ2) is 4.83. The second-order valence-corrected chi connectivity index (χ2v) is 7.48.